The molecule has 1 aromatic rings. The van der Waals surface area contributed by atoms with Crippen LogP contribution >= 0.6 is 0 Å². The summed E-state index contributed by atoms with van der Waals surface area (Å²) in [6, 6.07) is 2.11. The third-order valence-corrected chi connectivity index (χ3v) is 3.63. The van der Waals surface area contributed by atoms with E-state index in [2.05, 4.69) is 12.2 Å². The Morgan fingerprint density at radius 2 is 2.00 bits per heavy atom. The third kappa shape index (κ3) is 6.40. The minimum absolute atomic E-state index is 0.0289. The van der Waals surface area contributed by atoms with Gasteiger partial charge in [0, 0.05) is 19.1 Å². The number of carboxylic acids is 1. The second-order valence-corrected chi connectivity index (χ2v) is 5.89. The van der Waals surface area contributed by atoms with Gasteiger partial charge >= 0.3 is 11.7 Å². The Bertz CT molecular complexity index is 644. The maximum atomic E-state index is 11.3. The van der Waals surface area contributed by atoms with E-state index in [1.54, 1.807) is 6.92 Å². The zero-order chi connectivity index (χ0) is 19.0. The van der Waals surface area contributed by atoms with Crippen molar-refractivity contribution in [1.82, 2.24) is 0 Å². The molecule has 0 spiro atoms. The highest BCUT2D eigenvalue weighted by Crippen LogP contribution is 2.34. The quantitative estimate of drug-likeness (QED) is 0.373. The van der Waals surface area contributed by atoms with E-state index in [-0.39, 0.29) is 23.1 Å². The Morgan fingerprint density at radius 1 is 1.32 bits per heavy atom. The number of nitrogens with one attached hydrogen (secondary N) is 1. The average Bonchev–Trinajstić information content (AvgIpc) is 2.50. The number of nitro groups is 1. The molecule has 0 radical (unpaired) electrons. The predicted molar refractivity (Wildman–Crippen MR) is 93.2 cm³/mol. The molecule has 0 fully saturated rings. The first-order valence-corrected chi connectivity index (χ1v) is 8.26. The minimum atomic E-state index is -1.37. The van der Waals surface area contributed by atoms with Gasteiger partial charge < -0.3 is 15.2 Å². The Balaban J connectivity index is 3.08. The van der Waals surface area contributed by atoms with Gasteiger partial charge in [-0.15, -0.1) is 0 Å². The topological polar surface area (TPSA) is 119 Å². The second-order valence-electron chi connectivity index (χ2n) is 5.89. The van der Waals surface area contributed by atoms with Gasteiger partial charge in [0.15, 0.2) is 5.75 Å². The van der Waals surface area contributed by atoms with E-state index in [1.807, 2.05) is 0 Å². The second kappa shape index (κ2) is 9.61. The highest BCUT2D eigenvalue weighted by atomic mass is 16.6. The lowest BCUT2D eigenvalue weighted by molar-refractivity contribution is -0.386. The smallest absolute Gasteiger partial charge is 0.338 e. The number of carbonyl (C=O) groups is 2. The van der Waals surface area contributed by atoms with Crippen LogP contribution in [0.4, 0.5) is 11.4 Å². The van der Waals surface area contributed by atoms with Crippen LogP contribution in [0.5, 0.6) is 5.75 Å². The van der Waals surface area contributed by atoms with Gasteiger partial charge in [0.05, 0.1) is 22.3 Å². The molecule has 0 aliphatic rings. The van der Waals surface area contributed by atoms with Crippen LogP contribution in [0.1, 0.15) is 63.2 Å². The van der Waals surface area contributed by atoms with Crippen molar-refractivity contribution in [2.24, 2.45) is 0 Å². The van der Waals surface area contributed by atoms with Crippen molar-refractivity contribution in [3.05, 3.63) is 27.8 Å². The molecule has 0 unspecified atom stereocenters. The number of carbonyl (C=O) groups excluding carboxylic acids is 1. The molecule has 1 atom stereocenters. The Labute approximate surface area is 146 Å². The number of nitro benzene ring substituents is 1. The molecule has 1 aromatic carbocycles. The lowest BCUT2D eigenvalue weighted by Gasteiger charge is -2.16. The summed E-state index contributed by atoms with van der Waals surface area (Å²) in [7, 11) is 0. The van der Waals surface area contributed by atoms with Crippen molar-refractivity contribution < 1.29 is 24.4 Å². The SMILES string of the molecule is CCCCCC[C@@H](C)Oc1cc(NC(C)=O)c(C(=O)O)cc1[N+](=O)[O-]. The van der Waals surface area contributed by atoms with Crippen LogP contribution in [0.2, 0.25) is 0 Å². The number of nitrogens with zero attached hydrogens (tertiary/aromatic N) is 1. The van der Waals surface area contributed by atoms with Crippen LogP contribution in [0.25, 0.3) is 0 Å². The van der Waals surface area contributed by atoms with Gasteiger partial charge in [-0.05, 0) is 19.8 Å². The van der Waals surface area contributed by atoms with Crippen LogP contribution in [0.15, 0.2) is 12.1 Å². The highest BCUT2D eigenvalue weighted by Gasteiger charge is 2.24. The monoisotopic (exact) mass is 352 g/mol. The third-order valence-electron chi connectivity index (χ3n) is 3.63. The number of carboxylic acid groups (broad SMARTS) is 1. The number of rotatable bonds is 10. The molecule has 0 saturated carbocycles. The molecule has 0 aromatic heterocycles. The van der Waals surface area contributed by atoms with E-state index in [9.17, 15) is 24.8 Å². The van der Waals surface area contributed by atoms with Gasteiger partial charge in [0.2, 0.25) is 5.91 Å². The van der Waals surface area contributed by atoms with Crippen molar-refractivity contribution >= 4 is 23.3 Å². The number of ether oxygens (including phenoxy) is 1. The van der Waals surface area contributed by atoms with Gasteiger partial charge in [-0.2, -0.15) is 0 Å². The Morgan fingerprint density at radius 3 is 2.52 bits per heavy atom. The lowest BCUT2D eigenvalue weighted by Crippen LogP contribution is -2.15. The normalized spacial score (nSPS) is 11.6. The summed E-state index contributed by atoms with van der Waals surface area (Å²) in [6.45, 7) is 5.14. The number of amides is 1. The molecule has 8 heteroatoms. The molecular formula is C17H24N2O6. The maximum Gasteiger partial charge on any atom is 0.338 e. The number of anilines is 1. The van der Waals surface area contributed by atoms with Gasteiger partial charge in [-0.3, -0.25) is 14.9 Å². The predicted octanol–water partition coefficient (Wildman–Crippen LogP) is 3.99. The fourth-order valence-corrected chi connectivity index (χ4v) is 2.41. The minimum Gasteiger partial charge on any atom is -0.484 e. The maximum absolute atomic E-state index is 11.3. The Kier molecular flexibility index (Phi) is 7.84. The van der Waals surface area contributed by atoms with Crippen molar-refractivity contribution in [1.29, 1.82) is 0 Å². The van der Waals surface area contributed by atoms with E-state index in [0.29, 0.717) is 0 Å². The summed E-state index contributed by atoms with van der Waals surface area (Å²) in [5, 5.41) is 22.8. The lowest BCUT2D eigenvalue weighted by atomic mass is 10.1. The molecule has 0 aliphatic heterocycles. The first-order chi connectivity index (χ1) is 11.8. The van der Waals surface area contributed by atoms with Crippen LogP contribution in [-0.2, 0) is 4.79 Å². The van der Waals surface area contributed by atoms with Crippen LogP contribution < -0.4 is 10.1 Å². The van der Waals surface area contributed by atoms with Crippen molar-refractivity contribution in [2.45, 2.75) is 59.0 Å². The van der Waals surface area contributed by atoms with Gasteiger partial charge in [0.1, 0.15) is 0 Å². The van der Waals surface area contributed by atoms with E-state index >= 15 is 0 Å². The standard InChI is InChI=1S/C17H24N2O6/c1-4-5-6-7-8-11(2)25-16-10-14(18-12(3)20)13(17(21)22)9-15(16)19(23)24/h9-11H,4-8H2,1-3H3,(H,18,20)(H,21,22)/t11-/m1/s1. The van der Waals surface area contributed by atoms with Gasteiger partial charge in [-0.1, -0.05) is 26.2 Å². The van der Waals surface area contributed by atoms with Crippen molar-refractivity contribution in [3.63, 3.8) is 0 Å². The molecule has 0 saturated heterocycles. The van der Waals surface area contributed by atoms with Crippen LogP contribution in [-0.4, -0.2) is 28.0 Å². The number of hydrogen-bond acceptors (Lipinski definition) is 5. The molecule has 0 aliphatic carbocycles. The van der Waals surface area contributed by atoms with E-state index in [0.717, 1.165) is 38.2 Å². The summed E-state index contributed by atoms with van der Waals surface area (Å²) >= 11 is 0. The zero-order valence-corrected chi connectivity index (χ0v) is 14.7. The van der Waals surface area contributed by atoms with Crippen molar-refractivity contribution in [3.8, 4) is 5.75 Å². The number of hydrogen-bond donors (Lipinski definition) is 2. The molecule has 1 rings (SSSR count). The van der Waals surface area contributed by atoms with Crippen molar-refractivity contribution in [2.75, 3.05) is 5.32 Å². The van der Waals surface area contributed by atoms with E-state index < -0.39 is 22.5 Å². The summed E-state index contributed by atoms with van der Waals surface area (Å²) in [5.41, 5.74) is -0.824. The number of aromatic carboxylic acids is 1. The van der Waals surface area contributed by atoms with Gasteiger partial charge in [-0.25, -0.2) is 4.79 Å². The molecule has 0 heterocycles. The summed E-state index contributed by atoms with van der Waals surface area (Å²) < 4.78 is 5.66. The molecule has 1 amide bonds. The highest BCUT2D eigenvalue weighted by molar-refractivity contribution is 6.01. The molecule has 8 nitrogen and oxygen atoms in total. The fraction of sp³-hybridized carbons (Fsp3) is 0.529. The molecule has 138 valence electrons. The Hall–Kier alpha value is -2.64. The van der Waals surface area contributed by atoms with E-state index in [1.165, 1.54) is 13.0 Å². The molecule has 25 heavy (non-hydrogen) atoms. The first-order valence-electron chi connectivity index (χ1n) is 8.26. The van der Waals surface area contributed by atoms with E-state index in [4.69, 9.17) is 4.74 Å². The van der Waals surface area contributed by atoms with Gasteiger partial charge in [0.25, 0.3) is 0 Å². The summed E-state index contributed by atoms with van der Waals surface area (Å²) in [6.07, 6.45) is 4.68. The molecule has 0 bridgehead atoms. The molecular weight excluding hydrogens is 328 g/mol. The zero-order valence-electron chi connectivity index (χ0n) is 14.7. The average molecular weight is 352 g/mol. The summed E-state index contributed by atoms with van der Waals surface area (Å²) in [5.74, 6) is -1.90. The molecule has 2 N–H and O–H groups in total. The fourth-order valence-electron chi connectivity index (χ4n) is 2.41. The number of benzene rings is 1. The number of unbranched alkanes of at least 4 members (excludes halogenated alkanes) is 3. The van der Waals surface area contributed by atoms with Crippen LogP contribution in [0.3, 0.4) is 0 Å². The van der Waals surface area contributed by atoms with Crippen LogP contribution in [0, 0.1) is 10.1 Å². The first kappa shape index (κ1) is 20.4. The summed E-state index contributed by atoms with van der Waals surface area (Å²) in [4.78, 5) is 33.1. The largest absolute Gasteiger partial charge is 0.484 e.